The predicted octanol–water partition coefficient (Wildman–Crippen LogP) is 1.33. The topological polar surface area (TPSA) is 93.8 Å². The minimum Gasteiger partial charge on any atom is -0.207 e. The second kappa shape index (κ2) is 5.40. The third-order valence-electron chi connectivity index (χ3n) is 3.03. The van der Waals surface area contributed by atoms with Crippen LogP contribution < -0.4 is 4.72 Å². The lowest BCUT2D eigenvalue weighted by Gasteiger charge is -2.11. The summed E-state index contributed by atoms with van der Waals surface area (Å²) in [6, 6.07) is 9.46. The molecule has 0 aliphatic heterocycles. The van der Waals surface area contributed by atoms with Crippen LogP contribution in [0.2, 0.25) is 0 Å². The fraction of sp³-hybridized carbons (Fsp3) is 0.385. The van der Waals surface area contributed by atoms with Gasteiger partial charge in [-0.1, -0.05) is 12.1 Å². The third kappa shape index (κ3) is 3.31. The van der Waals surface area contributed by atoms with E-state index in [0.29, 0.717) is 0 Å². The van der Waals surface area contributed by atoms with Crippen LogP contribution in [0.5, 0.6) is 0 Å². The van der Waals surface area contributed by atoms with Crippen molar-refractivity contribution in [2.75, 3.05) is 0 Å². The van der Waals surface area contributed by atoms with E-state index in [9.17, 15) is 8.42 Å². The number of nitrogens with one attached hydrogen (secondary N) is 1. The zero-order valence-corrected chi connectivity index (χ0v) is 11.0. The lowest BCUT2D eigenvalue weighted by molar-refractivity contribution is 0.560. The quantitative estimate of drug-likeness (QED) is 0.877. The van der Waals surface area contributed by atoms with Crippen LogP contribution in [-0.4, -0.2) is 14.5 Å². The summed E-state index contributed by atoms with van der Waals surface area (Å²) in [5, 5.41) is 17.5. The van der Waals surface area contributed by atoms with Crippen LogP contribution in [0.4, 0.5) is 0 Å². The highest BCUT2D eigenvalue weighted by Crippen LogP contribution is 2.33. The highest BCUT2D eigenvalue weighted by molar-refractivity contribution is 7.89. The SMILES string of the molecule is N#CCc1ccc(S(=O)(=O)NC(C#N)C2CC2)cc1. The number of hydrogen-bond acceptors (Lipinski definition) is 4. The van der Waals surface area contributed by atoms with Crippen LogP contribution in [0.1, 0.15) is 18.4 Å². The molecule has 0 amide bonds. The van der Waals surface area contributed by atoms with Crippen molar-refractivity contribution in [1.82, 2.24) is 4.72 Å². The van der Waals surface area contributed by atoms with E-state index in [-0.39, 0.29) is 17.2 Å². The van der Waals surface area contributed by atoms with Gasteiger partial charge in [-0.15, -0.1) is 0 Å². The Morgan fingerprint density at radius 3 is 2.37 bits per heavy atom. The Balaban J connectivity index is 2.15. The molecule has 0 radical (unpaired) electrons. The van der Waals surface area contributed by atoms with Crippen LogP contribution in [0, 0.1) is 28.6 Å². The minimum atomic E-state index is -3.66. The number of rotatable bonds is 5. The minimum absolute atomic E-state index is 0.120. The van der Waals surface area contributed by atoms with E-state index in [1.54, 1.807) is 12.1 Å². The molecule has 0 bridgehead atoms. The van der Waals surface area contributed by atoms with Crippen molar-refractivity contribution in [2.24, 2.45) is 5.92 Å². The molecule has 1 aliphatic carbocycles. The van der Waals surface area contributed by atoms with Gasteiger partial charge in [0.15, 0.2) is 0 Å². The monoisotopic (exact) mass is 275 g/mol. The van der Waals surface area contributed by atoms with Crippen molar-refractivity contribution < 1.29 is 8.42 Å². The molecule has 6 heteroatoms. The fourth-order valence-electron chi connectivity index (χ4n) is 1.77. The first-order valence-corrected chi connectivity index (χ1v) is 7.43. The molecule has 19 heavy (non-hydrogen) atoms. The first-order chi connectivity index (χ1) is 9.06. The summed E-state index contributed by atoms with van der Waals surface area (Å²) < 4.78 is 26.6. The zero-order chi connectivity index (χ0) is 13.9. The van der Waals surface area contributed by atoms with E-state index in [1.807, 2.05) is 12.1 Å². The molecule has 1 N–H and O–H groups in total. The molecule has 0 aromatic heterocycles. The molecular weight excluding hydrogens is 262 g/mol. The van der Waals surface area contributed by atoms with Crippen LogP contribution in [0.25, 0.3) is 0 Å². The maximum absolute atomic E-state index is 12.1. The van der Waals surface area contributed by atoms with Gasteiger partial charge in [-0.2, -0.15) is 15.2 Å². The molecule has 1 fully saturated rings. The third-order valence-corrected chi connectivity index (χ3v) is 4.49. The first-order valence-electron chi connectivity index (χ1n) is 5.94. The molecule has 0 heterocycles. The molecule has 1 unspecified atom stereocenters. The van der Waals surface area contributed by atoms with E-state index < -0.39 is 16.1 Å². The van der Waals surface area contributed by atoms with Crippen LogP contribution in [0.15, 0.2) is 29.2 Å². The van der Waals surface area contributed by atoms with E-state index in [1.165, 1.54) is 12.1 Å². The van der Waals surface area contributed by atoms with Crippen LogP contribution in [-0.2, 0) is 16.4 Å². The van der Waals surface area contributed by atoms with Crippen LogP contribution >= 0.6 is 0 Å². The van der Waals surface area contributed by atoms with Gasteiger partial charge in [-0.25, -0.2) is 8.42 Å². The van der Waals surface area contributed by atoms with Gasteiger partial charge < -0.3 is 0 Å². The summed E-state index contributed by atoms with van der Waals surface area (Å²) in [4.78, 5) is 0.120. The largest absolute Gasteiger partial charge is 0.241 e. The number of sulfonamides is 1. The van der Waals surface area contributed by atoms with Gasteiger partial charge in [-0.3, -0.25) is 0 Å². The average molecular weight is 275 g/mol. The molecule has 0 spiro atoms. The Bertz CT molecular complexity index is 634. The molecule has 5 nitrogen and oxygen atoms in total. The Hall–Kier alpha value is -1.89. The van der Waals surface area contributed by atoms with Crippen molar-refractivity contribution >= 4 is 10.0 Å². The van der Waals surface area contributed by atoms with E-state index in [0.717, 1.165) is 18.4 Å². The average Bonchev–Trinajstić information content (AvgIpc) is 3.21. The van der Waals surface area contributed by atoms with E-state index in [4.69, 9.17) is 10.5 Å². The number of nitrogens with zero attached hydrogens (tertiary/aromatic N) is 2. The molecule has 2 rings (SSSR count). The normalized spacial score (nSPS) is 16.3. The smallest absolute Gasteiger partial charge is 0.207 e. The molecule has 0 saturated heterocycles. The van der Waals surface area contributed by atoms with Crippen molar-refractivity contribution in [3.63, 3.8) is 0 Å². The lowest BCUT2D eigenvalue weighted by atomic mass is 10.2. The van der Waals surface area contributed by atoms with Gasteiger partial charge in [-0.05, 0) is 36.5 Å². The summed E-state index contributed by atoms with van der Waals surface area (Å²) in [6.45, 7) is 0. The van der Waals surface area contributed by atoms with Gasteiger partial charge in [0.05, 0.1) is 23.5 Å². The summed E-state index contributed by atoms with van der Waals surface area (Å²) in [7, 11) is -3.66. The standard InChI is InChI=1S/C13H13N3O2S/c14-8-7-10-1-5-12(6-2-10)19(17,18)16-13(9-15)11-3-4-11/h1-2,5-6,11,13,16H,3-4,7H2. The maximum atomic E-state index is 12.1. The molecule has 1 aromatic carbocycles. The van der Waals surface area contributed by atoms with Gasteiger partial charge >= 0.3 is 0 Å². The van der Waals surface area contributed by atoms with Crippen molar-refractivity contribution in [1.29, 1.82) is 10.5 Å². The van der Waals surface area contributed by atoms with E-state index in [2.05, 4.69) is 4.72 Å². The zero-order valence-electron chi connectivity index (χ0n) is 10.2. The Kier molecular flexibility index (Phi) is 3.84. The molecule has 98 valence electrons. The van der Waals surface area contributed by atoms with Gasteiger partial charge in [0, 0.05) is 0 Å². The molecular formula is C13H13N3O2S. The van der Waals surface area contributed by atoms with Crippen molar-refractivity contribution in [2.45, 2.75) is 30.2 Å². The second-order valence-corrected chi connectivity index (χ2v) is 6.26. The first kappa shape index (κ1) is 13.5. The van der Waals surface area contributed by atoms with E-state index >= 15 is 0 Å². The molecule has 1 aromatic rings. The summed E-state index contributed by atoms with van der Waals surface area (Å²) in [5.41, 5.74) is 0.764. The summed E-state index contributed by atoms with van der Waals surface area (Å²) in [5.74, 6) is 0.137. The number of benzene rings is 1. The van der Waals surface area contributed by atoms with Crippen molar-refractivity contribution in [3.8, 4) is 12.1 Å². The van der Waals surface area contributed by atoms with Crippen LogP contribution in [0.3, 0.4) is 0 Å². The molecule has 1 saturated carbocycles. The number of hydrogen-bond donors (Lipinski definition) is 1. The lowest BCUT2D eigenvalue weighted by Crippen LogP contribution is -2.35. The van der Waals surface area contributed by atoms with Gasteiger partial charge in [0.2, 0.25) is 10.0 Å². The number of nitriles is 2. The summed E-state index contributed by atoms with van der Waals surface area (Å²) >= 11 is 0. The van der Waals surface area contributed by atoms with Gasteiger partial charge in [0.1, 0.15) is 6.04 Å². The Morgan fingerprint density at radius 1 is 1.26 bits per heavy atom. The maximum Gasteiger partial charge on any atom is 0.241 e. The van der Waals surface area contributed by atoms with Gasteiger partial charge in [0.25, 0.3) is 0 Å². The fourth-order valence-corrected chi connectivity index (χ4v) is 2.98. The second-order valence-electron chi connectivity index (χ2n) is 4.54. The predicted molar refractivity (Wildman–Crippen MR) is 68.2 cm³/mol. The highest BCUT2D eigenvalue weighted by Gasteiger charge is 2.34. The highest BCUT2D eigenvalue weighted by atomic mass is 32.2. The summed E-state index contributed by atoms with van der Waals surface area (Å²) in [6.07, 6.45) is 2.03. The molecule has 1 atom stereocenters. The Labute approximate surface area is 112 Å². The van der Waals surface area contributed by atoms with Crippen molar-refractivity contribution in [3.05, 3.63) is 29.8 Å². The molecule has 1 aliphatic rings. The Morgan fingerprint density at radius 2 is 1.89 bits per heavy atom.